The maximum absolute atomic E-state index is 12.0. The van der Waals surface area contributed by atoms with Crippen molar-refractivity contribution in [3.8, 4) is 0 Å². The van der Waals surface area contributed by atoms with Crippen LogP contribution in [0.5, 0.6) is 0 Å². The van der Waals surface area contributed by atoms with Crippen molar-refractivity contribution in [3.05, 3.63) is 29.8 Å². The minimum atomic E-state index is -0.304. The third kappa shape index (κ3) is 5.17. The van der Waals surface area contributed by atoms with Crippen molar-refractivity contribution in [3.63, 3.8) is 0 Å². The highest BCUT2D eigenvalue weighted by Crippen LogP contribution is 2.12. The summed E-state index contributed by atoms with van der Waals surface area (Å²) in [7, 11) is 1.35. The normalized spacial score (nSPS) is 18.0. The molecule has 0 bridgehead atoms. The minimum Gasteiger partial charge on any atom is -0.469 e. The summed E-state index contributed by atoms with van der Waals surface area (Å²) in [5.41, 5.74) is 1.48. The molecule has 0 aromatic heterocycles. The van der Waals surface area contributed by atoms with E-state index in [4.69, 9.17) is 4.74 Å². The standard InChI is InChI=1S/C15H20N2O4/c1-20-15(19)8-11-3-2-4-12(7-11)17-14(18)9-13-10-21-6-5-16-13/h2-4,7,13,16H,5-6,8-10H2,1H3,(H,17,18). The molecule has 1 unspecified atom stereocenters. The van der Waals surface area contributed by atoms with Gasteiger partial charge in [-0.2, -0.15) is 0 Å². The zero-order valence-electron chi connectivity index (χ0n) is 12.1. The van der Waals surface area contributed by atoms with Gasteiger partial charge in [0.1, 0.15) is 0 Å². The molecule has 114 valence electrons. The molecule has 1 aromatic carbocycles. The van der Waals surface area contributed by atoms with Gasteiger partial charge in [-0.1, -0.05) is 12.1 Å². The minimum absolute atomic E-state index is 0.0528. The van der Waals surface area contributed by atoms with E-state index in [1.807, 2.05) is 6.07 Å². The summed E-state index contributed by atoms with van der Waals surface area (Å²) >= 11 is 0. The van der Waals surface area contributed by atoms with Gasteiger partial charge in [0.05, 0.1) is 26.7 Å². The first-order valence-electron chi connectivity index (χ1n) is 6.94. The fraction of sp³-hybridized carbons (Fsp3) is 0.467. The van der Waals surface area contributed by atoms with Gasteiger partial charge in [-0.3, -0.25) is 9.59 Å². The Morgan fingerprint density at radius 3 is 3.05 bits per heavy atom. The van der Waals surface area contributed by atoms with Gasteiger partial charge in [-0.25, -0.2) is 0 Å². The second kappa shape index (κ2) is 7.75. The summed E-state index contributed by atoms with van der Waals surface area (Å²) in [6.45, 7) is 2.01. The molecule has 1 aromatic rings. The Morgan fingerprint density at radius 2 is 2.33 bits per heavy atom. The van der Waals surface area contributed by atoms with Crippen LogP contribution in [-0.2, 0) is 25.5 Å². The Hall–Kier alpha value is -1.92. The first kappa shape index (κ1) is 15.5. The highest BCUT2D eigenvalue weighted by molar-refractivity contribution is 5.91. The zero-order chi connectivity index (χ0) is 15.1. The Balaban J connectivity index is 1.87. The van der Waals surface area contributed by atoms with Crippen LogP contribution in [0.2, 0.25) is 0 Å². The largest absolute Gasteiger partial charge is 0.469 e. The van der Waals surface area contributed by atoms with Gasteiger partial charge in [0.25, 0.3) is 0 Å². The number of hydrogen-bond donors (Lipinski definition) is 2. The van der Waals surface area contributed by atoms with Gasteiger partial charge in [0.2, 0.25) is 5.91 Å². The van der Waals surface area contributed by atoms with Crippen molar-refractivity contribution >= 4 is 17.6 Å². The number of carbonyl (C=O) groups excluding carboxylic acids is 2. The van der Waals surface area contributed by atoms with Crippen molar-refractivity contribution < 1.29 is 19.1 Å². The van der Waals surface area contributed by atoms with Gasteiger partial charge < -0.3 is 20.1 Å². The Morgan fingerprint density at radius 1 is 1.48 bits per heavy atom. The fourth-order valence-corrected chi connectivity index (χ4v) is 2.18. The number of morpholine rings is 1. The summed E-state index contributed by atoms with van der Waals surface area (Å²) in [4.78, 5) is 23.2. The first-order valence-corrected chi connectivity index (χ1v) is 6.94. The van der Waals surface area contributed by atoms with Crippen molar-refractivity contribution in [2.45, 2.75) is 18.9 Å². The van der Waals surface area contributed by atoms with Gasteiger partial charge in [0, 0.05) is 24.7 Å². The average Bonchev–Trinajstić information content (AvgIpc) is 2.48. The van der Waals surface area contributed by atoms with Gasteiger partial charge in [0.15, 0.2) is 0 Å². The Bertz CT molecular complexity index is 498. The summed E-state index contributed by atoms with van der Waals surface area (Å²) < 4.78 is 9.94. The molecule has 2 rings (SSSR count). The molecule has 0 spiro atoms. The number of methoxy groups -OCH3 is 1. The maximum Gasteiger partial charge on any atom is 0.309 e. The van der Waals surface area contributed by atoms with E-state index in [0.29, 0.717) is 25.3 Å². The summed E-state index contributed by atoms with van der Waals surface area (Å²) in [5.74, 6) is -0.379. The molecular weight excluding hydrogens is 272 g/mol. The lowest BCUT2D eigenvalue weighted by atomic mass is 10.1. The number of benzene rings is 1. The third-order valence-electron chi connectivity index (χ3n) is 3.22. The highest BCUT2D eigenvalue weighted by Gasteiger charge is 2.17. The van der Waals surface area contributed by atoms with Crippen LogP contribution in [0.3, 0.4) is 0 Å². The van der Waals surface area contributed by atoms with E-state index in [1.165, 1.54) is 7.11 Å². The fourth-order valence-electron chi connectivity index (χ4n) is 2.18. The molecule has 0 radical (unpaired) electrons. The van der Waals surface area contributed by atoms with Crippen molar-refractivity contribution in [2.24, 2.45) is 0 Å². The quantitative estimate of drug-likeness (QED) is 0.782. The first-order chi connectivity index (χ1) is 10.2. The zero-order valence-corrected chi connectivity index (χ0v) is 12.1. The third-order valence-corrected chi connectivity index (χ3v) is 3.22. The molecule has 2 N–H and O–H groups in total. The van der Waals surface area contributed by atoms with Crippen LogP contribution >= 0.6 is 0 Å². The topological polar surface area (TPSA) is 76.7 Å². The van der Waals surface area contributed by atoms with E-state index in [-0.39, 0.29) is 24.3 Å². The van der Waals surface area contributed by atoms with E-state index in [0.717, 1.165) is 12.1 Å². The van der Waals surface area contributed by atoms with Crippen LogP contribution in [-0.4, -0.2) is 44.8 Å². The molecular formula is C15H20N2O4. The number of anilines is 1. The molecule has 1 atom stereocenters. The number of hydrogen-bond acceptors (Lipinski definition) is 5. The Labute approximate surface area is 123 Å². The lowest BCUT2D eigenvalue weighted by molar-refractivity contribution is -0.139. The van der Waals surface area contributed by atoms with Crippen LogP contribution < -0.4 is 10.6 Å². The lowest BCUT2D eigenvalue weighted by Gasteiger charge is -2.23. The van der Waals surface area contributed by atoms with Crippen molar-refractivity contribution in [1.82, 2.24) is 5.32 Å². The molecule has 1 aliphatic heterocycles. The maximum atomic E-state index is 12.0. The van der Waals surface area contributed by atoms with Crippen molar-refractivity contribution in [2.75, 3.05) is 32.2 Å². The molecule has 0 saturated carbocycles. The summed E-state index contributed by atoms with van der Waals surface area (Å²) in [6, 6.07) is 7.25. The molecule has 21 heavy (non-hydrogen) atoms. The average molecular weight is 292 g/mol. The van der Waals surface area contributed by atoms with Crippen molar-refractivity contribution in [1.29, 1.82) is 0 Å². The van der Waals surface area contributed by atoms with Gasteiger partial charge in [-0.05, 0) is 17.7 Å². The van der Waals surface area contributed by atoms with Crippen LogP contribution in [0.15, 0.2) is 24.3 Å². The highest BCUT2D eigenvalue weighted by atomic mass is 16.5. The van der Waals surface area contributed by atoms with Gasteiger partial charge in [-0.15, -0.1) is 0 Å². The van der Waals surface area contributed by atoms with E-state index >= 15 is 0 Å². The predicted octanol–water partition coefficient (Wildman–Crippen LogP) is 0.719. The molecule has 6 nitrogen and oxygen atoms in total. The second-order valence-electron chi connectivity index (χ2n) is 4.93. The summed E-state index contributed by atoms with van der Waals surface area (Å²) in [6.07, 6.45) is 0.555. The number of amides is 1. The molecule has 1 fully saturated rings. The SMILES string of the molecule is COC(=O)Cc1cccc(NC(=O)CC2COCCN2)c1. The molecule has 1 saturated heterocycles. The van der Waals surface area contributed by atoms with E-state index in [1.54, 1.807) is 18.2 Å². The second-order valence-corrected chi connectivity index (χ2v) is 4.93. The molecule has 1 amide bonds. The molecule has 0 aliphatic carbocycles. The molecule has 6 heteroatoms. The van der Waals surface area contributed by atoms with E-state index in [9.17, 15) is 9.59 Å². The van der Waals surface area contributed by atoms with Crippen LogP contribution in [0, 0.1) is 0 Å². The Kier molecular flexibility index (Phi) is 5.71. The van der Waals surface area contributed by atoms with E-state index in [2.05, 4.69) is 15.4 Å². The number of esters is 1. The monoisotopic (exact) mass is 292 g/mol. The predicted molar refractivity (Wildman–Crippen MR) is 78.0 cm³/mol. The van der Waals surface area contributed by atoms with Crippen LogP contribution in [0.25, 0.3) is 0 Å². The van der Waals surface area contributed by atoms with Gasteiger partial charge >= 0.3 is 5.97 Å². The number of ether oxygens (including phenoxy) is 2. The number of rotatable bonds is 5. The van der Waals surface area contributed by atoms with Crippen LogP contribution in [0.4, 0.5) is 5.69 Å². The molecule has 1 aliphatic rings. The summed E-state index contributed by atoms with van der Waals surface area (Å²) in [5, 5.41) is 6.07. The van der Waals surface area contributed by atoms with E-state index < -0.39 is 0 Å². The number of carbonyl (C=O) groups is 2. The number of nitrogens with one attached hydrogen (secondary N) is 2. The lowest BCUT2D eigenvalue weighted by Crippen LogP contribution is -2.43. The van der Waals surface area contributed by atoms with Crippen LogP contribution in [0.1, 0.15) is 12.0 Å². The molecule has 1 heterocycles. The smallest absolute Gasteiger partial charge is 0.309 e.